The van der Waals surface area contributed by atoms with Crippen LogP contribution in [0.5, 0.6) is 0 Å². The second kappa shape index (κ2) is 9.00. The molecule has 0 radical (unpaired) electrons. The summed E-state index contributed by atoms with van der Waals surface area (Å²) in [5.74, 6) is -0.761. The van der Waals surface area contributed by atoms with Crippen molar-refractivity contribution >= 4 is 5.97 Å². The Bertz CT molecular complexity index is 145. The van der Waals surface area contributed by atoms with Gasteiger partial charge in [-0.1, -0.05) is 33.1 Å². The van der Waals surface area contributed by atoms with Crippen molar-refractivity contribution in [1.29, 1.82) is 0 Å². The van der Waals surface area contributed by atoms with E-state index in [4.69, 9.17) is 9.84 Å². The fraction of sp³-hybridized carbons (Fsp3) is 0.909. The first-order chi connectivity index (χ1) is 6.70. The highest BCUT2D eigenvalue weighted by molar-refractivity contribution is 5.67. The molecule has 1 unspecified atom stereocenters. The van der Waals surface area contributed by atoms with Crippen LogP contribution >= 0.6 is 0 Å². The smallest absolute Gasteiger partial charge is 0.305 e. The Hall–Kier alpha value is -0.570. The van der Waals surface area contributed by atoms with Gasteiger partial charge in [0, 0.05) is 6.61 Å². The molecule has 1 atom stereocenters. The van der Waals surface area contributed by atoms with Gasteiger partial charge in [0.2, 0.25) is 0 Å². The summed E-state index contributed by atoms with van der Waals surface area (Å²) in [7, 11) is 0. The lowest BCUT2D eigenvalue weighted by molar-refractivity contribution is -0.140. The third-order valence-corrected chi connectivity index (χ3v) is 2.13. The molecule has 0 aromatic heterocycles. The van der Waals surface area contributed by atoms with Crippen molar-refractivity contribution in [2.75, 3.05) is 6.61 Å². The van der Waals surface area contributed by atoms with E-state index in [1.807, 2.05) is 0 Å². The van der Waals surface area contributed by atoms with E-state index in [1.54, 1.807) is 0 Å². The zero-order valence-electron chi connectivity index (χ0n) is 9.29. The molecule has 3 nitrogen and oxygen atoms in total. The van der Waals surface area contributed by atoms with Crippen LogP contribution in [0.3, 0.4) is 0 Å². The number of ether oxygens (including phenoxy) is 1. The lowest BCUT2D eigenvalue weighted by Crippen LogP contribution is -2.18. The molecule has 0 saturated carbocycles. The predicted octanol–water partition coefficient (Wildman–Crippen LogP) is 2.84. The Balaban J connectivity index is 3.66. The van der Waals surface area contributed by atoms with E-state index in [2.05, 4.69) is 13.8 Å². The van der Waals surface area contributed by atoms with Gasteiger partial charge in [0.05, 0.1) is 12.5 Å². The first-order valence-electron chi connectivity index (χ1n) is 5.54. The van der Waals surface area contributed by atoms with Crippen molar-refractivity contribution in [2.45, 2.75) is 58.5 Å². The maximum atomic E-state index is 10.5. The van der Waals surface area contributed by atoms with Gasteiger partial charge >= 0.3 is 5.97 Å². The summed E-state index contributed by atoms with van der Waals surface area (Å²) in [6.45, 7) is 4.89. The zero-order chi connectivity index (χ0) is 10.8. The monoisotopic (exact) mass is 202 g/mol. The van der Waals surface area contributed by atoms with Gasteiger partial charge in [-0.25, -0.2) is 0 Å². The molecule has 0 aromatic carbocycles. The molecule has 0 saturated heterocycles. The Morgan fingerprint density at radius 2 is 1.93 bits per heavy atom. The minimum Gasteiger partial charge on any atom is -0.481 e. The van der Waals surface area contributed by atoms with Gasteiger partial charge in [0.1, 0.15) is 0 Å². The normalized spacial score (nSPS) is 12.7. The number of aliphatic carboxylic acids is 1. The van der Waals surface area contributed by atoms with E-state index in [-0.39, 0.29) is 12.5 Å². The number of hydrogen-bond acceptors (Lipinski definition) is 2. The molecule has 0 aliphatic heterocycles. The van der Waals surface area contributed by atoms with E-state index in [0.29, 0.717) is 6.61 Å². The Labute approximate surface area is 86.5 Å². The largest absolute Gasteiger partial charge is 0.481 e. The van der Waals surface area contributed by atoms with E-state index >= 15 is 0 Å². The molecule has 0 aliphatic rings. The average molecular weight is 202 g/mol. The number of carboxylic acids is 1. The number of rotatable bonds is 9. The predicted molar refractivity (Wildman–Crippen MR) is 56.4 cm³/mol. The third kappa shape index (κ3) is 8.05. The second-order valence-corrected chi connectivity index (χ2v) is 3.59. The molecule has 14 heavy (non-hydrogen) atoms. The van der Waals surface area contributed by atoms with Crippen LogP contribution in [0, 0.1) is 0 Å². The molecule has 0 bridgehead atoms. The summed E-state index contributed by atoms with van der Waals surface area (Å²) in [6, 6.07) is 0. The lowest BCUT2D eigenvalue weighted by Gasteiger charge is -2.15. The van der Waals surface area contributed by atoms with Crippen molar-refractivity contribution < 1.29 is 14.6 Å². The van der Waals surface area contributed by atoms with Gasteiger partial charge in [0.25, 0.3) is 0 Å². The molecule has 0 spiro atoms. The van der Waals surface area contributed by atoms with Gasteiger partial charge in [-0.2, -0.15) is 0 Å². The molecule has 0 fully saturated rings. The fourth-order valence-corrected chi connectivity index (χ4v) is 1.27. The van der Waals surface area contributed by atoms with Crippen LogP contribution in [-0.4, -0.2) is 23.8 Å². The van der Waals surface area contributed by atoms with E-state index in [1.165, 1.54) is 0 Å². The maximum absolute atomic E-state index is 10.5. The summed E-state index contributed by atoms with van der Waals surface area (Å²) in [6.07, 6.45) is 5.17. The summed E-state index contributed by atoms with van der Waals surface area (Å²) >= 11 is 0. The van der Waals surface area contributed by atoms with Crippen molar-refractivity contribution in [2.24, 2.45) is 0 Å². The van der Waals surface area contributed by atoms with Crippen LogP contribution < -0.4 is 0 Å². The second-order valence-electron chi connectivity index (χ2n) is 3.59. The number of carbonyl (C=O) groups is 1. The highest BCUT2D eigenvalue weighted by Crippen LogP contribution is 2.09. The molecule has 0 heterocycles. The molecule has 0 rings (SSSR count). The van der Waals surface area contributed by atoms with Crippen LogP contribution in [-0.2, 0) is 9.53 Å². The fourth-order valence-electron chi connectivity index (χ4n) is 1.27. The quantitative estimate of drug-likeness (QED) is 0.585. The highest BCUT2D eigenvalue weighted by Gasteiger charge is 2.12. The Morgan fingerprint density at radius 3 is 2.43 bits per heavy atom. The van der Waals surface area contributed by atoms with Gasteiger partial charge in [0.15, 0.2) is 0 Å². The molecule has 0 aromatic rings. The van der Waals surface area contributed by atoms with Crippen molar-refractivity contribution in [1.82, 2.24) is 0 Å². The van der Waals surface area contributed by atoms with E-state index in [0.717, 1.165) is 32.1 Å². The summed E-state index contributed by atoms with van der Waals surface area (Å²) in [4.78, 5) is 10.5. The molecular weight excluding hydrogens is 180 g/mol. The first kappa shape index (κ1) is 13.4. The molecule has 0 aliphatic carbocycles. The molecule has 0 amide bonds. The van der Waals surface area contributed by atoms with Crippen LogP contribution in [0.1, 0.15) is 52.4 Å². The standard InChI is InChI=1S/C11H22O3/c1-3-5-7-10(9-11(12)13)14-8-6-4-2/h10H,3-9H2,1-2H3,(H,12,13). The molecular formula is C11H22O3. The first-order valence-corrected chi connectivity index (χ1v) is 5.54. The summed E-state index contributed by atoms with van der Waals surface area (Å²) in [5.41, 5.74) is 0. The topological polar surface area (TPSA) is 46.5 Å². The van der Waals surface area contributed by atoms with Crippen molar-refractivity contribution in [3.63, 3.8) is 0 Å². The van der Waals surface area contributed by atoms with Crippen molar-refractivity contribution in [3.8, 4) is 0 Å². The summed E-state index contributed by atoms with van der Waals surface area (Å²) < 4.78 is 5.51. The van der Waals surface area contributed by atoms with Crippen LogP contribution in [0.2, 0.25) is 0 Å². The maximum Gasteiger partial charge on any atom is 0.305 e. The number of unbranched alkanes of at least 4 members (excludes halogenated alkanes) is 2. The van der Waals surface area contributed by atoms with E-state index < -0.39 is 5.97 Å². The zero-order valence-corrected chi connectivity index (χ0v) is 9.29. The minimum atomic E-state index is -0.761. The average Bonchev–Trinajstić information content (AvgIpc) is 2.13. The molecule has 1 N–H and O–H groups in total. The highest BCUT2D eigenvalue weighted by atomic mass is 16.5. The molecule has 3 heteroatoms. The van der Waals surface area contributed by atoms with Crippen LogP contribution in [0.25, 0.3) is 0 Å². The van der Waals surface area contributed by atoms with Crippen LogP contribution in [0.15, 0.2) is 0 Å². The minimum absolute atomic E-state index is 0.0843. The van der Waals surface area contributed by atoms with Gasteiger partial charge in [-0.3, -0.25) is 4.79 Å². The number of hydrogen-bond donors (Lipinski definition) is 1. The van der Waals surface area contributed by atoms with Gasteiger partial charge in [-0.15, -0.1) is 0 Å². The summed E-state index contributed by atoms with van der Waals surface area (Å²) in [5, 5.41) is 8.66. The van der Waals surface area contributed by atoms with Gasteiger partial charge < -0.3 is 9.84 Å². The third-order valence-electron chi connectivity index (χ3n) is 2.13. The SMILES string of the molecule is CCCCOC(CCCC)CC(=O)O. The number of carboxylic acid groups (broad SMARTS) is 1. The van der Waals surface area contributed by atoms with Gasteiger partial charge in [-0.05, 0) is 12.8 Å². The Kier molecular flexibility index (Phi) is 8.64. The Morgan fingerprint density at radius 1 is 1.29 bits per heavy atom. The molecule has 84 valence electrons. The lowest BCUT2D eigenvalue weighted by atomic mass is 10.1. The van der Waals surface area contributed by atoms with Crippen LogP contribution in [0.4, 0.5) is 0 Å². The van der Waals surface area contributed by atoms with E-state index in [9.17, 15) is 4.79 Å². The van der Waals surface area contributed by atoms with Crippen molar-refractivity contribution in [3.05, 3.63) is 0 Å².